The maximum Gasteiger partial charge on any atom is 0.410 e. The Hall–Kier alpha value is -3.47. The van der Waals surface area contributed by atoms with Gasteiger partial charge in [-0.3, -0.25) is 34.3 Å². The highest BCUT2D eigenvalue weighted by Gasteiger charge is 2.45. The Morgan fingerprint density at radius 1 is 0.972 bits per heavy atom. The van der Waals surface area contributed by atoms with Gasteiger partial charge in [-0.15, -0.1) is 0 Å². The van der Waals surface area contributed by atoms with Crippen LogP contribution >= 0.6 is 0 Å². The smallest absolute Gasteiger partial charge is 0.410 e. The van der Waals surface area contributed by atoms with Crippen molar-refractivity contribution in [1.82, 2.24) is 20.0 Å². The number of ether oxygens (including phenoxy) is 1. The van der Waals surface area contributed by atoms with Crippen molar-refractivity contribution < 1.29 is 28.7 Å². The first kappa shape index (κ1) is 24.2. The number of benzene rings is 1. The van der Waals surface area contributed by atoms with E-state index in [1.807, 2.05) is 26.8 Å². The van der Waals surface area contributed by atoms with Gasteiger partial charge in [-0.25, -0.2) is 4.79 Å². The second-order valence-electron chi connectivity index (χ2n) is 10.7. The van der Waals surface area contributed by atoms with Gasteiger partial charge in [0.25, 0.3) is 11.8 Å². The molecule has 0 bridgehead atoms. The molecule has 1 N–H and O–H groups in total. The van der Waals surface area contributed by atoms with Gasteiger partial charge in [-0.1, -0.05) is 0 Å². The molecule has 4 heterocycles. The van der Waals surface area contributed by atoms with Crippen LogP contribution in [0.3, 0.4) is 0 Å². The van der Waals surface area contributed by atoms with Crippen LogP contribution in [0, 0.1) is 0 Å². The Bertz CT molecular complexity index is 1130. The van der Waals surface area contributed by atoms with Crippen LogP contribution in [-0.4, -0.2) is 101 Å². The van der Waals surface area contributed by atoms with E-state index < -0.39 is 35.3 Å². The number of carbonyl (C=O) groups is 5. The molecule has 11 nitrogen and oxygen atoms in total. The number of amides is 5. The third-order valence-electron chi connectivity index (χ3n) is 7.13. The maximum absolute atomic E-state index is 13.1. The molecule has 1 unspecified atom stereocenters. The summed E-state index contributed by atoms with van der Waals surface area (Å²) in [6.45, 7) is 10.0. The fraction of sp³-hybridized carbons (Fsp3) is 0.560. The van der Waals surface area contributed by atoms with Gasteiger partial charge < -0.3 is 14.5 Å². The highest BCUT2D eigenvalue weighted by Crippen LogP contribution is 2.31. The van der Waals surface area contributed by atoms with Gasteiger partial charge in [0.05, 0.1) is 11.1 Å². The quantitative estimate of drug-likeness (QED) is 0.610. The third kappa shape index (κ3) is 4.43. The van der Waals surface area contributed by atoms with E-state index in [1.54, 1.807) is 17.0 Å². The predicted octanol–water partition coefficient (Wildman–Crippen LogP) is 0.829. The highest BCUT2D eigenvalue weighted by atomic mass is 16.6. The van der Waals surface area contributed by atoms with Gasteiger partial charge in [-0.2, -0.15) is 0 Å². The fourth-order valence-electron chi connectivity index (χ4n) is 5.16. The Morgan fingerprint density at radius 3 is 2.28 bits per heavy atom. The number of nitrogens with one attached hydrogen (secondary N) is 1. The molecule has 5 rings (SSSR count). The molecule has 0 aromatic heterocycles. The monoisotopic (exact) mass is 497 g/mol. The molecule has 3 saturated heterocycles. The lowest BCUT2D eigenvalue weighted by Crippen LogP contribution is -2.64. The predicted molar refractivity (Wildman–Crippen MR) is 128 cm³/mol. The molecular formula is C25H31N5O6. The van der Waals surface area contributed by atoms with Crippen molar-refractivity contribution in [2.24, 2.45) is 0 Å². The van der Waals surface area contributed by atoms with E-state index in [9.17, 15) is 24.0 Å². The lowest BCUT2D eigenvalue weighted by Gasteiger charge is -2.48. The van der Waals surface area contributed by atoms with Crippen molar-refractivity contribution in [3.8, 4) is 0 Å². The summed E-state index contributed by atoms with van der Waals surface area (Å²) in [5.74, 6) is -2.01. The van der Waals surface area contributed by atoms with Gasteiger partial charge in [0.2, 0.25) is 11.8 Å². The summed E-state index contributed by atoms with van der Waals surface area (Å²) < 4.78 is 5.43. The summed E-state index contributed by atoms with van der Waals surface area (Å²) >= 11 is 0. The zero-order valence-corrected chi connectivity index (χ0v) is 20.8. The zero-order valence-electron chi connectivity index (χ0n) is 20.8. The van der Waals surface area contributed by atoms with Crippen LogP contribution in [0.4, 0.5) is 10.5 Å². The number of nitrogens with zero attached hydrogens (tertiary/aromatic N) is 4. The third-order valence-corrected chi connectivity index (χ3v) is 7.13. The van der Waals surface area contributed by atoms with Crippen molar-refractivity contribution in [2.45, 2.75) is 51.3 Å². The van der Waals surface area contributed by atoms with Crippen LogP contribution in [0.1, 0.15) is 54.3 Å². The van der Waals surface area contributed by atoms with Crippen LogP contribution in [0.15, 0.2) is 18.2 Å². The lowest BCUT2D eigenvalue weighted by molar-refractivity contribution is -0.136. The molecule has 1 atom stereocenters. The van der Waals surface area contributed by atoms with E-state index >= 15 is 0 Å². The van der Waals surface area contributed by atoms with E-state index in [0.29, 0.717) is 19.1 Å². The van der Waals surface area contributed by atoms with Crippen LogP contribution in [0.2, 0.25) is 0 Å². The summed E-state index contributed by atoms with van der Waals surface area (Å²) in [6, 6.07) is 4.55. The summed E-state index contributed by atoms with van der Waals surface area (Å²) in [4.78, 5) is 69.2. The normalized spacial score (nSPS) is 23.5. The molecule has 36 heavy (non-hydrogen) atoms. The SMILES string of the molecule is CC(C)(C)OC(=O)N1CC(N2CCN(c3ccc4c(c3)C(=O)N(C3CCC(=O)NC3=O)C4=O)CC2)C1. The minimum Gasteiger partial charge on any atom is -0.444 e. The first-order chi connectivity index (χ1) is 17.0. The standard InChI is InChI=1S/C25H31N5O6/c1-25(2,3)36-24(35)29-13-16(14-29)28-10-8-27(9-11-28)15-4-5-17-18(12-15)23(34)30(22(17)33)19-6-7-20(31)26-21(19)32/h4-5,12,16,19H,6-11,13-14H2,1-3H3,(H,26,31,32). The molecule has 4 aliphatic heterocycles. The van der Waals surface area contributed by atoms with Crippen LogP contribution in [0.5, 0.6) is 0 Å². The lowest BCUT2D eigenvalue weighted by atomic mass is 10.0. The Morgan fingerprint density at radius 2 is 1.64 bits per heavy atom. The number of carbonyl (C=O) groups excluding carboxylic acids is 5. The summed E-state index contributed by atoms with van der Waals surface area (Å²) in [7, 11) is 0. The Balaban J connectivity index is 1.18. The van der Waals surface area contributed by atoms with Crippen molar-refractivity contribution in [2.75, 3.05) is 44.2 Å². The molecule has 3 fully saturated rings. The number of likely N-dealkylation sites (tertiary alicyclic amines) is 1. The molecular weight excluding hydrogens is 466 g/mol. The van der Waals surface area contributed by atoms with E-state index in [1.165, 1.54) is 0 Å². The highest BCUT2D eigenvalue weighted by molar-refractivity contribution is 6.23. The van der Waals surface area contributed by atoms with E-state index in [-0.39, 0.29) is 30.1 Å². The number of piperazine rings is 1. The topological polar surface area (TPSA) is 120 Å². The summed E-state index contributed by atoms with van der Waals surface area (Å²) in [5, 5.41) is 2.21. The average Bonchev–Trinajstić information content (AvgIpc) is 3.02. The molecule has 4 aliphatic rings. The average molecular weight is 498 g/mol. The molecule has 0 spiro atoms. The molecule has 0 radical (unpaired) electrons. The molecule has 11 heteroatoms. The van der Waals surface area contributed by atoms with Crippen LogP contribution < -0.4 is 10.2 Å². The first-order valence-electron chi connectivity index (χ1n) is 12.3. The molecule has 1 aromatic carbocycles. The first-order valence-corrected chi connectivity index (χ1v) is 12.3. The van der Waals surface area contributed by atoms with Gasteiger partial charge in [0, 0.05) is 57.4 Å². The van der Waals surface area contributed by atoms with E-state index in [0.717, 1.165) is 36.8 Å². The second-order valence-corrected chi connectivity index (χ2v) is 10.7. The number of hydrogen-bond donors (Lipinski definition) is 1. The molecule has 5 amide bonds. The van der Waals surface area contributed by atoms with Crippen LogP contribution in [-0.2, 0) is 14.3 Å². The molecule has 0 saturated carbocycles. The number of fused-ring (bicyclic) bond motifs is 1. The Kier molecular flexibility index (Phi) is 5.98. The number of piperidine rings is 1. The Labute approximate surface area is 209 Å². The minimum atomic E-state index is -0.968. The molecule has 1 aromatic rings. The number of anilines is 1. The van der Waals surface area contributed by atoms with Gasteiger partial charge in [0.1, 0.15) is 11.6 Å². The van der Waals surface area contributed by atoms with E-state index in [4.69, 9.17) is 4.74 Å². The number of imide groups is 2. The summed E-state index contributed by atoms with van der Waals surface area (Å²) in [5.41, 5.74) is 0.915. The fourth-order valence-corrected chi connectivity index (χ4v) is 5.16. The zero-order chi connectivity index (χ0) is 25.8. The van der Waals surface area contributed by atoms with Crippen molar-refractivity contribution in [3.63, 3.8) is 0 Å². The van der Waals surface area contributed by atoms with Crippen molar-refractivity contribution in [3.05, 3.63) is 29.3 Å². The molecule has 0 aliphatic carbocycles. The minimum absolute atomic E-state index is 0.0931. The van der Waals surface area contributed by atoms with Crippen LogP contribution in [0.25, 0.3) is 0 Å². The van der Waals surface area contributed by atoms with Crippen molar-refractivity contribution in [1.29, 1.82) is 0 Å². The van der Waals surface area contributed by atoms with E-state index in [2.05, 4.69) is 15.1 Å². The van der Waals surface area contributed by atoms with Gasteiger partial charge in [-0.05, 0) is 45.4 Å². The van der Waals surface area contributed by atoms with Gasteiger partial charge in [0.15, 0.2) is 0 Å². The summed E-state index contributed by atoms with van der Waals surface area (Å²) in [6.07, 6.45) is -0.0473. The number of rotatable bonds is 3. The maximum atomic E-state index is 13.1. The largest absolute Gasteiger partial charge is 0.444 e. The second kappa shape index (κ2) is 8.88. The van der Waals surface area contributed by atoms with Gasteiger partial charge >= 0.3 is 6.09 Å². The molecule has 192 valence electrons. The van der Waals surface area contributed by atoms with Crippen molar-refractivity contribution >= 4 is 35.4 Å². The number of hydrogen-bond acceptors (Lipinski definition) is 8.